The van der Waals surface area contributed by atoms with Gasteiger partial charge in [-0.2, -0.15) is 0 Å². The Kier molecular flexibility index (Phi) is 73.3. The van der Waals surface area contributed by atoms with Gasteiger partial charge < -0.3 is 52.6 Å². The summed E-state index contributed by atoms with van der Waals surface area (Å²) in [5, 5.41) is 14.8. The van der Waals surface area contributed by atoms with Gasteiger partial charge >= 0.3 is 37.7 Å². The van der Waals surface area contributed by atoms with Crippen LogP contribution in [0.5, 0.6) is 11.5 Å². The second-order valence-electron chi connectivity index (χ2n) is 38.2. The van der Waals surface area contributed by atoms with E-state index in [0.29, 0.717) is 56.9 Å². The summed E-state index contributed by atoms with van der Waals surface area (Å²) in [4.78, 5) is 105. The molecule has 1 aliphatic heterocycles. The first-order valence-electron chi connectivity index (χ1n) is 54.5. The van der Waals surface area contributed by atoms with E-state index in [2.05, 4.69) is 46.9 Å². The summed E-state index contributed by atoms with van der Waals surface area (Å²) in [5.41, 5.74) is 0.645. The molecular formula is C112H188NO19P. The number of hydrogen-bond donors (Lipinski definition) is 2. The van der Waals surface area contributed by atoms with Gasteiger partial charge in [0.15, 0.2) is 12.3 Å². The zero-order valence-electron chi connectivity index (χ0n) is 84.5. The van der Waals surface area contributed by atoms with Crippen molar-refractivity contribution in [2.45, 2.75) is 540 Å². The molecule has 0 aromatic heterocycles. The van der Waals surface area contributed by atoms with E-state index in [-0.39, 0.29) is 50.2 Å². The van der Waals surface area contributed by atoms with E-state index in [0.717, 1.165) is 173 Å². The van der Waals surface area contributed by atoms with Crippen LogP contribution in [0.4, 0.5) is 0 Å². The van der Waals surface area contributed by atoms with Gasteiger partial charge in [-0.1, -0.05) is 455 Å². The molecule has 133 heavy (non-hydrogen) atoms. The third-order valence-corrected chi connectivity index (χ3v) is 27.3. The number of nitrogens with one attached hydrogen (secondary N) is 1. The molecule has 0 saturated carbocycles. The Balaban J connectivity index is 1.91. The van der Waals surface area contributed by atoms with Crippen LogP contribution < -0.4 is 14.4 Å². The molecule has 20 nitrogen and oxygen atoms in total. The molecule has 0 unspecified atom stereocenters. The molecule has 1 saturated heterocycles. The molecule has 760 valence electrons. The zero-order valence-corrected chi connectivity index (χ0v) is 85.4. The highest BCUT2D eigenvalue weighted by Gasteiger charge is 2.56. The predicted octanol–water partition coefficient (Wildman–Crippen LogP) is 30.5. The molecular weight excluding hydrogens is 1690 g/mol. The number of Topliss-reactive ketones (excluding diaryl/α,β-unsaturated/α-hetero) is 1. The minimum absolute atomic E-state index is 0.0462. The second-order valence-corrected chi connectivity index (χ2v) is 39.7. The van der Waals surface area contributed by atoms with Crippen molar-refractivity contribution >= 4 is 49.4 Å². The number of benzene rings is 3. The van der Waals surface area contributed by atoms with Crippen molar-refractivity contribution in [3.63, 3.8) is 0 Å². The van der Waals surface area contributed by atoms with E-state index in [4.69, 9.17) is 46.7 Å². The molecule has 0 bridgehead atoms. The van der Waals surface area contributed by atoms with Gasteiger partial charge in [-0.25, -0.2) is 9.36 Å². The molecule has 2 N–H and O–H groups in total. The molecule has 0 aliphatic carbocycles. The number of ketones is 1. The molecule has 0 spiro atoms. The van der Waals surface area contributed by atoms with Gasteiger partial charge in [0.2, 0.25) is 5.91 Å². The van der Waals surface area contributed by atoms with Crippen LogP contribution in [0.3, 0.4) is 0 Å². The highest BCUT2D eigenvalue weighted by atomic mass is 31.2. The fraction of sp³-hybridized carbons (Fsp3) is 0.777. The third kappa shape index (κ3) is 61.7. The van der Waals surface area contributed by atoms with Gasteiger partial charge in [-0.15, -0.1) is 0 Å². The Morgan fingerprint density at radius 1 is 0.361 bits per heavy atom. The van der Waals surface area contributed by atoms with Crippen LogP contribution in [0.25, 0.3) is 0 Å². The molecule has 1 heterocycles. The van der Waals surface area contributed by atoms with Gasteiger partial charge in [0.25, 0.3) is 0 Å². The topological polar surface area (TPSA) is 261 Å². The lowest BCUT2D eigenvalue weighted by Gasteiger charge is -2.45. The standard InChI is InChI=1S/C112H188NO19P/c1-7-13-19-25-31-37-40-46-52-58-73-85-104(117)125-97(82-66-55-49-43-34-28-22-16-10-4)88-101(115)108-110(129-107(120)90-99(84-68-57-51-45-36-30-24-18-12-6)127-106(119)87-75-60-54-48-42-39-33-27-21-15-9-3)109(132-133(122,130-95-78-69-62-70-79-95)131-96-80-71-63-72-81-96)102(91-114)128-112(108)124-93-100(111(121)123-92-94-76-64-61-65-77-94)113-103(116)89-98(83-67-56-50-44-35-29-23-17-11-5)126-105(118)86-74-59-53-47-41-38-32-26-20-14-8-2/h61-65,69-72,76-81,97-100,102,108-110,112,114H,7-60,66-68,73-75,82-93H2,1-6H3,(H,113,116)/t97-,98-,99-,100+,102-,108-,109-,110-,112-/m1/s1. The summed E-state index contributed by atoms with van der Waals surface area (Å²) in [6, 6.07) is 23.7. The maximum absolute atomic E-state index is 16.6. The summed E-state index contributed by atoms with van der Waals surface area (Å²) in [7, 11) is -5.11. The Labute approximate surface area is 807 Å². The average molecular weight is 1880 g/mol. The number of carbonyl (C=O) groups excluding carboxylic acids is 7. The smallest absolute Gasteiger partial charge is 0.462 e. The molecule has 9 atom stereocenters. The minimum atomic E-state index is -5.11. The van der Waals surface area contributed by atoms with Crippen LogP contribution in [0.15, 0.2) is 91.0 Å². The van der Waals surface area contributed by atoms with Crippen molar-refractivity contribution in [1.29, 1.82) is 0 Å². The fourth-order valence-corrected chi connectivity index (χ4v) is 19.3. The first-order chi connectivity index (χ1) is 65.1. The van der Waals surface area contributed by atoms with Crippen LogP contribution in [-0.4, -0.2) is 109 Å². The largest absolute Gasteiger partial charge is 0.588 e. The number of aliphatic hydroxyl groups excluding tert-OH is 1. The molecule has 21 heteroatoms. The SMILES string of the molecule is CCCCCCCCCCCCCC(=O)O[C@H](CCCCCCCCCCC)CC(=O)N[C@@H](CO[C@@H]1O[C@H](CO)[C@@H](OP(=O)(Oc2ccccc2)Oc2ccccc2)[C@H](OC(=O)C[C@@H](CCCCCCCCCCC)OC(=O)CCCCCCCCCCCCC)[C@H]1C(=O)C[C@@H](CCCCCCCCCCC)OC(=O)CCCCCCCCCCCCC)C(=O)OCc1ccccc1. The number of para-hydroxylation sites is 2. The van der Waals surface area contributed by atoms with Gasteiger partial charge in [0, 0.05) is 25.7 Å². The van der Waals surface area contributed by atoms with E-state index < -0.39 is 130 Å². The number of phosphoric acid groups is 1. The van der Waals surface area contributed by atoms with Crippen LogP contribution in [0.2, 0.25) is 0 Å². The van der Waals surface area contributed by atoms with Crippen LogP contribution >= 0.6 is 7.82 Å². The van der Waals surface area contributed by atoms with Gasteiger partial charge in [0.05, 0.1) is 26.1 Å². The number of rotatable bonds is 91. The molecule has 3 aromatic rings. The van der Waals surface area contributed by atoms with E-state index in [1.54, 1.807) is 84.9 Å². The van der Waals surface area contributed by atoms with Crippen molar-refractivity contribution in [1.82, 2.24) is 5.32 Å². The highest BCUT2D eigenvalue weighted by Crippen LogP contribution is 2.53. The van der Waals surface area contributed by atoms with Crippen molar-refractivity contribution < 1.29 is 90.0 Å². The lowest BCUT2D eigenvalue weighted by atomic mass is 9.84. The number of phosphoric ester groups is 1. The first kappa shape index (κ1) is 119. The monoisotopic (exact) mass is 1880 g/mol. The van der Waals surface area contributed by atoms with E-state index >= 15 is 23.7 Å². The number of esters is 5. The van der Waals surface area contributed by atoms with Crippen LogP contribution in [-0.2, 0) is 82.4 Å². The van der Waals surface area contributed by atoms with Crippen molar-refractivity contribution in [3.05, 3.63) is 96.6 Å². The molecule has 1 aliphatic rings. The number of hydrogen-bond acceptors (Lipinski definition) is 19. The number of carbonyl (C=O) groups is 7. The van der Waals surface area contributed by atoms with Crippen LogP contribution in [0.1, 0.15) is 490 Å². The number of aliphatic hydroxyl groups is 1. The maximum Gasteiger partial charge on any atom is 0.588 e. The Hall–Kier alpha value is -6.18. The molecule has 1 amide bonds. The number of amides is 1. The summed E-state index contributed by atoms with van der Waals surface area (Å²) >= 11 is 0. The van der Waals surface area contributed by atoms with Crippen molar-refractivity contribution in [2.24, 2.45) is 5.92 Å². The van der Waals surface area contributed by atoms with E-state index in [1.165, 1.54) is 173 Å². The number of ether oxygens (including phenoxy) is 7. The summed E-state index contributed by atoms with van der Waals surface area (Å²) < 4.78 is 80.9. The van der Waals surface area contributed by atoms with E-state index in [9.17, 15) is 19.5 Å². The summed E-state index contributed by atoms with van der Waals surface area (Å²) in [6.07, 6.45) is 53.9. The maximum atomic E-state index is 16.6. The summed E-state index contributed by atoms with van der Waals surface area (Å²) in [6.45, 7) is 11.4. The molecule has 3 aromatic carbocycles. The molecule has 4 rings (SSSR count). The summed E-state index contributed by atoms with van der Waals surface area (Å²) in [5.74, 6) is -6.33. The van der Waals surface area contributed by atoms with Crippen LogP contribution in [0, 0.1) is 5.92 Å². The normalized spacial score (nSPS) is 15.9. The second kappa shape index (κ2) is 81.8. The predicted molar refractivity (Wildman–Crippen MR) is 537 cm³/mol. The third-order valence-electron chi connectivity index (χ3n) is 25.9. The Bertz CT molecular complexity index is 3320. The van der Waals surface area contributed by atoms with E-state index in [1.807, 2.05) is 6.07 Å². The van der Waals surface area contributed by atoms with Crippen molar-refractivity contribution in [2.75, 3.05) is 13.2 Å². The fourth-order valence-electron chi connectivity index (χ4n) is 17.8. The first-order valence-corrected chi connectivity index (χ1v) is 56.0. The molecule has 0 radical (unpaired) electrons. The Morgan fingerprint density at radius 3 is 0.992 bits per heavy atom. The quantitative estimate of drug-likeness (QED) is 0.0230. The van der Waals surface area contributed by atoms with Gasteiger partial charge in [0.1, 0.15) is 66.4 Å². The number of unbranched alkanes of at least 4 members (excludes halogenated alkanes) is 54. The Morgan fingerprint density at radius 2 is 0.662 bits per heavy atom. The highest BCUT2D eigenvalue weighted by molar-refractivity contribution is 7.49. The lowest BCUT2D eigenvalue weighted by Crippen LogP contribution is -2.61. The average Bonchev–Trinajstić information content (AvgIpc) is 0.764. The van der Waals surface area contributed by atoms with Gasteiger partial charge in [-0.05, 0) is 87.6 Å². The minimum Gasteiger partial charge on any atom is -0.462 e. The van der Waals surface area contributed by atoms with Gasteiger partial charge in [-0.3, -0.25) is 33.3 Å². The zero-order chi connectivity index (χ0) is 95.8. The van der Waals surface area contributed by atoms with Crippen molar-refractivity contribution in [3.8, 4) is 11.5 Å². The molecule has 1 fully saturated rings. The lowest BCUT2D eigenvalue weighted by molar-refractivity contribution is -0.281.